The number of para-hydroxylation sites is 1. The maximum atomic E-state index is 12.6. The molecule has 0 spiro atoms. The second-order valence-corrected chi connectivity index (χ2v) is 9.86. The molecule has 0 bridgehead atoms. The van der Waals surface area contributed by atoms with Crippen LogP contribution in [-0.2, 0) is 22.4 Å². The molecular weight excluding hydrogens is 452 g/mol. The minimum Gasteiger partial charge on any atom is -0.478 e. The maximum absolute atomic E-state index is 12.6. The number of anilines is 2. The van der Waals surface area contributed by atoms with Crippen LogP contribution in [0.2, 0.25) is 5.02 Å². The molecule has 1 amide bonds. The highest BCUT2D eigenvalue weighted by Crippen LogP contribution is 2.37. The minimum atomic E-state index is -1.04. The Morgan fingerprint density at radius 3 is 2.50 bits per heavy atom. The third kappa shape index (κ3) is 7.26. The number of carbonyl (C=O) groups is 2. The summed E-state index contributed by atoms with van der Waals surface area (Å²) in [5.41, 5.74) is 4.28. The Bertz CT molecular complexity index is 1050. The largest absolute Gasteiger partial charge is 0.478 e. The Labute approximate surface area is 206 Å². The van der Waals surface area contributed by atoms with E-state index in [1.54, 1.807) is 4.90 Å². The average Bonchev–Trinajstić information content (AvgIpc) is 2.90. The number of fused-ring (bicyclic) bond motifs is 2. The predicted molar refractivity (Wildman–Crippen MR) is 136 cm³/mol. The number of carboxylic acid groups (broad SMARTS) is 1. The van der Waals surface area contributed by atoms with E-state index in [0.29, 0.717) is 11.6 Å². The lowest BCUT2D eigenvalue weighted by Gasteiger charge is -2.29. The van der Waals surface area contributed by atoms with Gasteiger partial charge in [-0.1, -0.05) is 41.9 Å². The molecule has 1 aliphatic rings. The number of hydrogen-bond acceptors (Lipinski definition) is 4. The first kappa shape index (κ1) is 25.6. The zero-order valence-electron chi connectivity index (χ0n) is 20.1. The van der Waals surface area contributed by atoms with Crippen LogP contribution in [0.25, 0.3) is 0 Å². The van der Waals surface area contributed by atoms with Crippen LogP contribution < -0.4 is 4.90 Å². The van der Waals surface area contributed by atoms with Gasteiger partial charge in [0, 0.05) is 42.1 Å². The summed E-state index contributed by atoms with van der Waals surface area (Å²) in [5.74, 6) is -1.04. The summed E-state index contributed by atoms with van der Waals surface area (Å²) >= 11 is 6.35. The normalized spacial score (nSPS) is 13.2. The summed E-state index contributed by atoms with van der Waals surface area (Å²) in [7, 11) is 0. The molecule has 34 heavy (non-hydrogen) atoms. The van der Waals surface area contributed by atoms with E-state index < -0.39 is 17.7 Å². The number of rotatable bonds is 8. The zero-order chi connectivity index (χ0) is 24.7. The van der Waals surface area contributed by atoms with Crippen molar-refractivity contribution in [3.05, 3.63) is 70.8 Å². The van der Waals surface area contributed by atoms with Crippen molar-refractivity contribution >= 4 is 35.0 Å². The van der Waals surface area contributed by atoms with Gasteiger partial charge in [-0.15, -0.1) is 0 Å². The molecule has 0 fully saturated rings. The van der Waals surface area contributed by atoms with Crippen molar-refractivity contribution in [3.8, 4) is 0 Å². The number of aryl methyl sites for hydroxylation is 2. The molecule has 0 aromatic heterocycles. The molecule has 2 aromatic rings. The molecule has 0 saturated carbocycles. The molecule has 0 unspecified atom stereocenters. The quantitative estimate of drug-likeness (QED) is 0.355. The van der Waals surface area contributed by atoms with Gasteiger partial charge >= 0.3 is 12.1 Å². The van der Waals surface area contributed by atoms with Crippen molar-refractivity contribution in [2.24, 2.45) is 0 Å². The number of carbonyl (C=O) groups excluding carboxylic acids is 1. The van der Waals surface area contributed by atoms with E-state index in [0.717, 1.165) is 44.0 Å². The molecule has 0 saturated heterocycles. The van der Waals surface area contributed by atoms with E-state index in [1.165, 1.54) is 22.9 Å². The summed E-state index contributed by atoms with van der Waals surface area (Å²) in [4.78, 5) is 27.3. The highest BCUT2D eigenvalue weighted by molar-refractivity contribution is 6.30. The molecule has 7 heteroatoms. The Kier molecular flexibility index (Phi) is 8.61. The molecule has 2 aromatic carbocycles. The van der Waals surface area contributed by atoms with E-state index in [2.05, 4.69) is 35.2 Å². The molecule has 0 radical (unpaired) electrons. The second-order valence-electron chi connectivity index (χ2n) is 9.43. The highest BCUT2D eigenvalue weighted by Gasteiger charge is 2.23. The van der Waals surface area contributed by atoms with Crippen LogP contribution in [0.1, 0.15) is 44.7 Å². The molecule has 3 rings (SSSR count). The second kappa shape index (κ2) is 11.4. The van der Waals surface area contributed by atoms with Crippen LogP contribution in [-0.4, -0.2) is 47.3 Å². The van der Waals surface area contributed by atoms with Crippen molar-refractivity contribution < 1.29 is 19.4 Å². The molecule has 0 atom stereocenters. The van der Waals surface area contributed by atoms with Crippen molar-refractivity contribution in [2.45, 2.75) is 52.1 Å². The SMILES string of the molecule is CC(C)(C)OC(=O)N(C/C=C/C(=O)O)CCCCN1c2ccccc2CCc2ccc(Cl)cc21. The van der Waals surface area contributed by atoms with Gasteiger partial charge in [-0.05, 0) is 75.8 Å². The molecule has 1 heterocycles. The van der Waals surface area contributed by atoms with E-state index >= 15 is 0 Å². The number of aliphatic carboxylic acids is 1. The smallest absolute Gasteiger partial charge is 0.410 e. The number of benzene rings is 2. The topological polar surface area (TPSA) is 70.1 Å². The summed E-state index contributed by atoms with van der Waals surface area (Å²) in [6.45, 7) is 6.88. The van der Waals surface area contributed by atoms with Crippen molar-refractivity contribution in [1.29, 1.82) is 0 Å². The third-order valence-electron chi connectivity index (χ3n) is 5.58. The van der Waals surface area contributed by atoms with Crippen LogP contribution in [0.3, 0.4) is 0 Å². The fourth-order valence-corrected chi connectivity index (χ4v) is 4.23. The predicted octanol–water partition coefficient (Wildman–Crippen LogP) is 6.23. The first-order valence-corrected chi connectivity index (χ1v) is 12.0. The lowest BCUT2D eigenvalue weighted by atomic mass is 10.0. The summed E-state index contributed by atoms with van der Waals surface area (Å²) < 4.78 is 5.51. The number of amides is 1. The standard InChI is InChI=1S/C27H33ClN2O4/c1-27(2,3)34-26(33)29(17-8-11-25(31)32)16-6-7-18-30-23-10-5-4-9-20(23)12-13-21-14-15-22(28)19-24(21)30/h4-5,8-11,14-15,19H,6-7,12-13,16-18H2,1-3H3,(H,31,32)/b11-8+. The van der Waals surface area contributed by atoms with Gasteiger partial charge in [0.1, 0.15) is 5.60 Å². The Balaban J connectivity index is 1.70. The van der Waals surface area contributed by atoms with Gasteiger partial charge in [0.05, 0.1) is 0 Å². The molecule has 0 aliphatic carbocycles. The van der Waals surface area contributed by atoms with Crippen molar-refractivity contribution in [2.75, 3.05) is 24.5 Å². The van der Waals surface area contributed by atoms with Crippen LogP contribution in [0.15, 0.2) is 54.6 Å². The first-order chi connectivity index (χ1) is 16.1. The average molecular weight is 485 g/mol. The molecule has 1 aliphatic heterocycles. The van der Waals surface area contributed by atoms with Crippen LogP contribution >= 0.6 is 11.6 Å². The fourth-order valence-electron chi connectivity index (χ4n) is 4.06. The van der Waals surface area contributed by atoms with E-state index in [1.807, 2.05) is 32.9 Å². The number of hydrogen-bond donors (Lipinski definition) is 1. The van der Waals surface area contributed by atoms with Gasteiger partial charge in [-0.3, -0.25) is 0 Å². The number of halogens is 1. The van der Waals surface area contributed by atoms with Gasteiger partial charge in [-0.25, -0.2) is 9.59 Å². The molecule has 6 nitrogen and oxygen atoms in total. The fraction of sp³-hybridized carbons (Fsp3) is 0.407. The van der Waals surface area contributed by atoms with Gasteiger partial charge in [0.15, 0.2) is 0 Å². The lowest BCUT2D eigenvalue weighted by molar-refractivity contribution is -0.131. The maximum Gasteiger partial charge on any atom is 0.410 e. The first-order valence-electron chi connectivity index (χ1n) is 11.7. The number of nitrogens with zero attached hydrogens (tertiary/aromatic N) is 2. The monoisotopic (exact) mass is 484 g/mol. The van der Waals surface area contributed by atoms with E-state index in [9.17, 15) is 9.59 Å². The summed E-state index contributed by atoms with van der Waals surface area (Å²) in [6.07, 6.45) is 5.59. The summed E-state index contributed by atoms with van der Waals surface area (Å²) in [5, 5.41) is 9.59. The van der Waals surface area contributed by atoms with Gasteiger partial charge < -0.3 is 19.6 Å². The van der Waals surface area contributed by atoms with E-state index in [-0.39, 0.29) is 6.54 Å². The van der Waals surface area contributed by atoms with Gasteiger partial charge in [0.25, 0.3) is 0 Å². The Hall–Kier alpha value is -2.99. The van der Waals surface area contributed by atoms with Gasteiger partial charge in [-0.2, -0.15) is 0 Å². The summed E-state index contributed by atoms with van der Waals surface area (Å²) in [6, 6.07) is 14.5. The van der Waals surface area contributed by atoms with E-state index in [4.69, 9.17) is 21.4 Å². The lowest BCUT2D eigenvalue weighted by Crippen LogP contribution is -2.37. The minimum absolute atomic E-state index is 0.187. The van der Waals surface area contributed by atoms with Gasteiger partial charge in [0.2, 0.25) is 0 Å². The van der Waals surface area contributed by atoms with Crippen molar-refractivity contribution in [1.82, 2.24) is 4.90 Å². The zero-order valence-corrected chi connectivity index (χ0v) is 20.8. The van der Waals surface area contributed by atoms with Crippen molar-refractivity contribution in [3.63, 3.8) is 0 Å². The molecule has 1 N–H and O–H groups in total. The molecular formula is C27H33ClN2O4. The third-order valence-corrected chi connectivity index (χ3v) is 5.82. The Morgan fingerprint density at radius 1 is 1.09 bits per heavy atom. The number of unbranched alkanes of at least 4 members (excludes halogenated alkanes) is 1. The number of ether oxygens (including phenoxy) is 1. The van der Waals surface area contributed by atoms with Crippen LogP contribution in [0, 0.1) is 0 Å². The molecule has 182 valence electrons. The van der Waals surface area contributed by atoms with Crippen LogP contribution in [0.4, 0.5) is 16.2 Å². The Morgan fingerprint density at radius 2 is 1.79 bits per heavy atom. The van der Waals surface area contributed by atoms with Crippen LogP contribution in [0.5, 0.6) is 0 Å². The number of carboxylic acids is 1. The highest BCUT2D eigenvalue weighted by atomic mass is 35.5.